The number of piperazine rings is 1. The van der Waals surface area contributed by atoms with Gasteiger partial charge in [0.1, 0.15) is 17.5 Å². The van der Waals surface area contributed by atoms with Crippen LogP contribution in [-0.2, 0) is 6.42 Å². The van der Waals surface area contributed by atoms with E-state index in [1.54, 1.807) is 0 Å². The van der Waals surface area contributed by atoms with Crippen LogP contribution in [0, 0.1) is 6.92 Å². The Morgan fingerprint density at radius 3 is 2.90 bits per heavy atom. The first-order valence-electron chi connectivity index (χ1n) is 7.48. The predicted molar refractivity (Wildman–Crippen MR) is 81.8 cm³/mol. The van der Waals surface area contributed by atoms with E-state index >= 15 is 0 Å². The minimum atomic E-state index is 0.0595. The molecule has 0 aliphatic carbocycles. The fourth-order valence-corrected chi connectivity index (χ4v) is 3.06. The number of carbonyl (C=O) groups is 1. The molecule has 1 aromatic heterocycles. The summed E-state index contributed by atoms with van der Waals surface area (Å²) in [7, 11) is 1.88. The number of nitrogens with one attached hydrogen (secondary N) is 2. The molecule has 2 amide bonds. The Labute approximate surface area is 124 Å². The summed E-state index contributed by atoms with van der Waals surface area (Å²) >= 11 is 0. The molecule has 1 aromatic rings. The summed E-state index contributed by atoms with van der Waals surface area (Å²) in [6.45, 7) is 7.21. The molecular weight excluding hydrogens is 268 g/mol. The summed E-state index contributed by atoms with van der Waals surface area (Å²) in [6, 6.07) is 0.299. The molecule has 2 N–H and O–H groups in total. The number of amides is 2. The van der Waals surface area contributed by atoms with Crippen LogP contribution in [0.4, 0.5) is 16.4 Å². The van der Waals surface area contributed by atoms with Crippen molar-refractivity contribution in [1.29, 1.82) is 0 Å². The highest BCUT2D eigenvalue weighted by Crippen LogP contribution is 2.26. The number of anilines is 2. The number of aryl methyl sites for hydroxylation is 1. The molecule has 2 aliphatic rings. The Balaban J connectivity index is 1.88. The topological polar surface area (TPSA) is 73.4 Å². The molecule has 0 saturated carbocycles. The average molecular weight is 290 g/mol. The van der Waals surface area contributed by atoms with Gasteiger partial charge in [-0.15, -0.1) is 0 Å². The highest BCUT2D eigenvalue weighted by atomic mass is 16.2. The van der Waals surface area contributed by atoms with Gasteiger partial charge < -0.3 is 20.4 Å². The number of fused-ring (bicyclic) bond motifs is 1. The van der Waals surface area contributed by atoms with Crippen LogP contribution in [0.25, 0.3) is 0 Å². The molecular formula is C14H22N6O. The SMILES string of the molecule is CCc1nc(NC)c(C)c(N2CCN3C(=O)NCC3C2)n1. The van der Waals surface area contributed by atoms with E-state index in [4.69, 9.17) is 4.98 Å². The molecule has 7 heteroatoms. The van der Waals surface area contributed by atoms with Crippen molar-refractivity contribution in [1.82, 2.24) is 20.2 Å². The van der Waals surface area contributed by atoms with E-state index < -0.39 is 0 Å². The second-order valence-electron chi connectivity index (χ2n) is 5.52. The molecule has 0 bridgehead atoms. The minimum absolute atomic E-state index is 0.0595. The first-order chi connectivity index (χ1) is 10.1. The van der Waals surface area contributed by atoms with Crippen molar-refractivity contribution in [2.75, 3.05) is 43.4 Å². The lowest BCUT2D eigenvalue weighted by Crippen LogP contribution is -2.52. The molecule has 0 aromatic carbocycles. The van der Waals surface area contributed by atoms with E-state index in [2.05, 4.69) is 27.4 Å². The van der Waals surface area contributed by atoms with Crippen molar-refractivity contribution in [2.24, 2.45) is 0 Å². The lowest BCUT2D eigenvalue weighted by molar-refractivity contribution is 0.197. The maximum absolute atomic E-state index is 11.7. The monoisotopic (exact) mass is 290 g/mol. The van der Waals surface area contributed by atoms with Gasteiger partial charge in [-0.1, -0.05) is 6.92 Å². The van der Waals surface area contributed by atoms with E-state index in [0.717, 1.165) is 55.6 Å². The first-order valence-corrected chi connectivity index (χ1v) is 7.48. The molecule has 3 heterocycles. The summed E-state index contributed by atoms with van der Waals surface area (Å²) in [5, 5.41) is 6.06. The smallest absolute Gasteiger partial charge is 0.317 e. The van der Waals surface area contributed by atoms with Crippen LogP contribution < -0.4 is 15.5 Å². The van der Waals surface area contributed by atoms with Gasteiger partial charge in [0.05, 0.1) is 6.04 Å². The molecule has 0 spiro atoms. The number of hydrogen-bond donors (Lipinski definition) is 2. The number of urea groups is 1. The fourth-order valence-electron chi connectivity index (χ4n) is 3.06. The van der Waals surface area contributed by atoms with Crippen LogP contribution >= 0.6 is 0 Å². The van der Waals surface area contributed by atoms with Gasteiger partial charge in [0.25, 0.3) is 0 Å². The summed E-state index contributed by atoms with van der Waals surface area (Å²) < 4.78 is 0. The normalized spacial score (nSPS) is 21.3. The van der Waals surface area contributed by atoms with Crippen LogP contribution in [-0.4, -0.2) is 60.2 Å². The Hall–Kier alpha value is -2.05. The third-order valence-corrected chi connectivity index (χ3v) is 4.25. The standard InChI is InChI=1S/C14H22N6O/c1-4-11-17-12(15-3)9(2)13(18-11)19-5-6-20-10(8-19)7-16-14(20)21/h10H,4-8H2,1-3H3,(H,16,21)(H,15,17,18). The second-order valence-corrected chi connectivity index (χ2v) is 5.52. The molecule has 3 rings (SSSR count). The highest BCUT2D eigenvalue weighted by molar-refractivity contribution is 5.77. The van der Waals surface area contributed by atoms with Crippen LogP contribution in [0.15, 0.2) is 0 Å². The van der Waals surface area contributed by atoms with Crippen LogP contribution in [0.1, 0.15) is 18.3 Å². The molecule has 1 atom stereocenters. The van der Waals surface area contributed by atoms with Gasteiger partial charge in [0, 0.05) is 45.2 Å². The highest BCUT2D eigenvalue weighted by Gasteiger charge is 2.36. The van der Waals surface area contributed by atoms with Crippen molar-refractivity contribution >= 4 is 17.7 Å². The van der Waals surface area contributed by atoms with Crippen molar-refractivity contribution in [3.05, 3.63) is 11.4 Å². The summed E-state index contributed by atoms with van der Waals surface area (Å²) in [5.74, 6) is 2.73. The maximum Gasteiger partial charge on any atom is 0.317 e. The Morgan fingerprint density at radius 2 is 2.19 bits per heavy atom. The molecule has 2 saturated heterocycles. The van der Waals surface area contributed by atoms with Gasteiger partial charge in [-0.05, 0) is 6.92 Å². The summed E-state index contributed by atoms with van der Waals surface area (Å²) in [5.41, 5.74) is 1.07. The lowest BCUT2D eigenvalue weighted by atomic mass is 10.1. The summed E-state index contributed by atoms with van der Waals surface area (Å²) in [6.07, 6.45) is 0.811. The van der Waals surface area contributed by atoms with E-state index in [1.807, 2.05) is 18.9 Å². The lowest BCUT2D eigenvalue weighted by Gasteiger charge is -2.37. The average Bonchev–Trinajstić information content (AvgIpc) is 2.88. The minimum Gasteiger partial charge on any atom is -0.373 e. The van der Waals surface area contributed by atoms with Gasteiger partial charge in [-0.3, -0.25) is 0 Å². The first kappa shape index (κ1) is 13.9. The zero-order chi connectivity index (χ0) is 15.0. The molecule has 21 heavy (non-hydrogen) atoms. The maximum atomic E-state index is 11.7. The third-order valence-electron chi connectivity index (χ3n) is 4.25. The van der Waals surface area contributed by atoms with Crippen LogP contribution in [0.3, 0.4) is 0 Å². The Morgan fingerprint density at radius 1 is 1.38 bits per heavy atom. The van der Waals surface area contributed by atoms with Crippen molar-refractivity contribution in [2.45, 2.75) is 26.3 Å². The predicted octanol–water partition coefficient (Wildman–Crippen LogP) is 0.603. The molecule has 2 aliphatic heterocycles. The molecule has 7 nitrogen and oxygen atoms in total. The number of rotatable bonds is 3. The van der Waals surface area contributed by atoms with Crippen molar-refractivity contribution in [3.63, 3.8) is 0 Å². The van der Waals surface area contributed by atoms with Crippen LogP contribution in [0.2, 0.25) is 0 Å². The Kier molecular flexibility index (Phi) is 3.57. The number of carbonyl (C=O) groups excluding carboxylic acids is 1. The number of hydrogen-bond acceptors (Lipinski definition) is 5. The largest absolute Gasteiger partial charge is 0.373 e. The zero-order valence-corrected chi connectivity index (χ0v) is 12.8. The Bertz CT molecular complexity index is 561. The molecule has 1 unspecified atom stereocenters. The molecule has 2 fully saturated rings. The van der Waals surface area contributed by atoms with E-state index in [0.29, 0.717) is 0 Å². The molecule has 0 radical (unpaired) electrons. The van der Waals surface area contributed by atoms with E-state index in [-0.39, 0.29) is 12.1 Å². The summed E-state index contributed by atoms with van der Waals surface area (Å²) in [4.78, 5) is 25.1. The van der Waals surface area contributed by atoms with Gasteiger partial charge >= 0.3 is 6.03 Å². The quantitative estimate of drug-likeness (QED) is 0.853. The van der Waals surface area contributed by atoms with Gasteiger partial charge in [-0.2, -0.15) is 0 Å². The third kappa shape index (κ3) is 2.36. The van der Waals surface area contributed by atoms with Crippen LogP contribution in [0.5, 0.6) is 0 Å². The zero-order valence-electron chi connectivity index (χ0n) is 12.8. The van der Waals surface area contributed by atoms with Crippen molar-refractivity contribution in [3.8, 4) is 0 Å². The van der Waals surface area contributed by atoms with E-state index in [9.17, 15) is 4.79 Å². The van der Waals surface area contributed by atoms with E-state index in [1.165, 1.54) is 0 Å². The second kappa shape index (κ2) is 5.38. The van der Waals surface area contributed by atoms with Crippen molar-refractivity contribution < 1.29 is 4.79 Å². The van der Waals surface area contributed by atoms with Gasteiger partial charge in [-0.25, -0.2) is 14.8 Å². The fraction of sp³-hybridized carbons (Fsp3) is 0.643. The van der Waals surface area contributed by atoms with Gasteiger partial charge in [0.15, 0.2) is 0 Å². The van der Waals surface area contributed by atoms with Gasteiger partial charge in [0.2, 0.25) is 0 Å². The number of aromatic nitrogens is 2. The number of nitrogens with zero attached hydrogens (tertiary/aromatic N) is 4. The molecule has 114 valence electrons.